The van der Waals surface area contributed by atoms with Crippen molar-refractivity contribution in [3.05, 3.63) is 59.3 Å². The van der Waals surface area contributed by atoms with Crippen molar-refractivity contribution in [2.75, 3.05) is 18.4 Å². The molecular weight excluding hydrogens is 427 g/mol. The lowest BCUT2D eigenvalue weighted by Crippen LogP contribution is -2.29. The second kappa shape index (κ2) is 8.86. The summed E-state index contributed by atoms with van der Waals surface area (Å²) >= 11 is 0. The Bertz CT molecular complexity index is 1150. The van der Waals surface area contributed by atoms with Gasteiger partial charge in [-0.3, -0.25) is 9.88 Å². The number of fused-ring (bicyclic) bond motifs is 1. The van der Waals surface area contributed by atoms with Crippen molar-refractivity contribution in [3.63, 3.8) is 0 Å². The van der Waals surface area contributed by atoms with Crippen molar-refractivity contribution in [1.82, 2.24) is 9.88 Å². The highest BCUT2D eigenvalue weighted by Crippen LogP contribution is 2.39. The van der Waals surface area contributed by atoms with Gasteiger partial charge in [-0.25, -0.2) is 0 Å². The highest BCUT2D eigenvalue weighted by atomic mass is 19.4. The SMILES string of the molecule is CC(C)(C)c1cc(Nc2ccnc3cc(C(F)(F)F)ccc23)cc(CN2CCCCC2)c1O. The van der Waals surface area contributed by atoms with Crippen LogP contribution in [-0.2, 0) is 18.1 Å². The van der Waals surface area contributed by atoms with E-state index >= 15 is 0 Å². The van der Waals surface area contributed by atoms with Crippen LogP contribution in [-0.4, -0.2) is 28.1 Å². The fraction of sp³-hybridized carbons (Fsp3) is 0.423. The molecule has 0 radical (unpaired) electrons. The Kier molecular flexibility index (Phi) is 6.27. The number of hydrogen-bond donors (Lipinski definition) is 2. The Balaban J connectivity index is 1.72. The number of likely N-dealkylation sites (tertiary alicyclic amines) is 1. The maximum atomic E-state index is 13.1. The van der Waals surface area contributed by atoms with Gasteiger partial charge in [-0.15, -0.1) is 0 Å². The minimum absolute atomic E-state index is 0.276. The largest absolute Gasteiger partial charge is 0.507 e. The monoisotopic (exact) mass is 457 g/mol. The number of alkyl halides is 3. The van der Waals surface area contributed by atoms with Crippen LogP contribution in [0.15, 0.2) is 42.6 Å². The quantitative estimate of drug-likeness (QED) is 0.415. The molecular formula is C26H30F3N3O. The first kappa shape index (κ1) is 23.4. The molecule has 176 valence electrons. The third-order valence-corrected chi connectivity index (χ3v) is 6.19. The third-order valence-electron chi connectivity index (χ3n) is 6.19. The van der Waals surface area contributed by atoms with Gasteiger partial charge in [0.05, 0.1) is 11.1 Å². The number of anilines is 2. The second-order valence-electron chi connectivity index (χ2n) is 9.83. The fourth-order valence-electron chi connectivity index (χ4n) is 4.41. The number of phenols is 1. The molecule has 1 aromatic heterocycles. The van der Waals surface area contributed by atoms with E-state index in [1.54, 1.807) is 6.07 Å². The lowest BCUT2D eigenvalue weighted by molar-refractivity contribution is -0.137. The number of aromatic hydroxyl groups is 1. The number of hydrogen-bond acceptors (Lipinski definition) is 4. The first-order chi connectivity index (χ1) is 15.5. The molecule has 7 heteroatoms. The molecule has 1 aliphatic heterocycles. The van der Waals surface area contributed by atoms with Crippen molar-refractivity contribution in [1.29, 1.82) is 0 Å². The number of piperidine rings is 1. The zero-order valence-electron chi connectivity index (χ0n) is 19.3. The lowest BCUT2D eigenvalue weighted by atomic mass is 9.84. The van der Waals surface area contributed by atoms with E-state index < -0.39 is 11.7 Å². The highest BCUT2D eigenvalue weighted by Gasteiger charge is 2.30. The van der Waals surface area contributed by atoms with Gasteiger partial charge in [-0.05, 0) is 61.7 Å². The molecule has 4 rings (SSSR count). The Morgan fingerprint density at radius 2 is 1.73 bits per heavy atom. The Morgan fingerprint density at radius 1 is 1.00 bits per heavy atom. The van der Waals surface area contributed by atoms with Crippen molar-refractivity contribution < 1.29 is 18.3 Å². The Labute approximate surface area is 192 Å². The second-order valence-corrected chi connectivity index (χ2v) is 9.83. The molecule has 2 N–H and O–H groups in total. The smallest absolute Gasteiger partial charge is 0.416 e. The molecule has 0 saturated carbocycles. The van der Waals surface area contributed by atoms with Crippen LogP contribution in [0.5, 0.6) is 5.75 Å². The maximum Gasteiger partial charge on any atom is 0.416 e. The molecule has 1 saturated heterocycles. The molecule has 4 nitrogen and oxygen atoms in total. The molecule has 2 aromatic carbocycles. The van der Waals surface area contributed by atoms with E-state index in [4.69, 9.17) is 0 Å². The summed E-state index contributed by atoms with van der Waals surface area (Å²) in [5.74, 6) is 0.313. The van der Waals surface area contributed by atoms with Gasteiger partial charge in [0, 0.05) is 40.6 Å². The molecule has 0 unspecified atom stereocenters. The number of pyridine rings is 1. The van der Waals surface area contributed by atoms with E-state index in [1.165, 1.54) is 18.7 Å². The summed E-state index contributed by atoms with van der Waals surface area (Å²) in [5.41, 5.74) is 2.42. The van der Waals surface area contributed by atoms with Crippen LogP contribution >= 0.6 is 0 Å². The first-order valence-electron chi connectivity index (χ1n) is 11.3. The van der Waals surface area contributed by atoms with Crippen LogP contribution in [0.3, 0.4) is 0 Å². The van der Waals surface area contributed by atoms with Gasteiger partial charge in [0.1, 0.15) is 5.75 Å². The molecule has 1 aliphatic rings. The van der Waals surface area contributed by atoms with E-state index in [2.05, 4.69) is 36.0 Å². The molecule has 33 heavy (non-hydrogen) atoms. The van der Waals surface area contributed by atoms with Gasteiger partial charge in [-0.1, -0.05) is 33.3 Å². The van der Waals surface area contributed by atoms with Gasteiger partial charge in [0.25, 0.3) is 0 Å². The minimum atomic E-state index is -4.42. The van der Waals surface area contributed by atoms with Crippen molar-refractivity contribution in [2.45, 2.75) is 58.2 Å². The summed E-state index contributed by atoms with van der Waals surface area (Å²) in [4.78, 5) is 6.49. The van der Waals surface area contributed by atoms with Gasteiger partial charge in [-0.2, -0.15) is 13.2 Å². The number of rotatable bonds is 4. The van der Waals surface area contributed by atoms with Gasteiger partial charge < -0.3 is 10.4 Å². The van der Waals surface area contributed by atoms with Crippen molar-refractivity contribution in [2.24, 2.45) is 0 Å². The molecule has 0 amide bonds. The fourth-order valence-corrected chi connectivity index (χ4v) is 4.41. The topological polar surface area (TPSA) is 48.4 Å². The van der Waals surface area contributed by atoms with Gasteiger partial charge >= 0.3 is 6.18 Å². The number of nitrogens with one attached hydrogen (secondary N) is 1. The Hall–Kier alpha value is -2.80. The summed E-state index contributed by atoms with van der Waals surface area (Å²) in [6, 6.07) is 9.21. The van der Waals surface area contributed by atoms with E-state index in [0.29, 0.717) is 23.4 Å². The summed E-state index contributed by atoms with van der Waals surface area (Å²) in [5, 5.41) is 15.0. The number of nitrogens with zero attached hydrogens (tertiary/aromatic N) is 2. The zero-order chi connectivity index (χ0) is 23.8. The normalized spacial score (nSPS) is 15.7. The van der Waals surface area contributed by atoms with Gasteiger partial charge in [0.15, 0.2) is 0 Å². The molecule has 2 heterocycles. The predicted octanol–water partition coefficient (Wildman–Crippen LogP) is 6.99. The van der Waals surface area contributed by atoms with Crippen LogP contribution in [0, 0.1) is 0 Å². The van der Waals surface area contributed by atoms with Crippen LogP contribution < -0.4 is 5.32 Å². The molecule has 0 spiro atoms. The number of phenolic OH excluding ortho intramolecular Hbond substituents is 1. The zero-order valence-corrected chi connectivity index (χ0v) is 19.3. The Morgan fingerprint density at radius 3 is 2.39 bits per heavy atom. The molecule has 1 fully saturated rings. The third kappa shape index (κ3) is 5.24. The molecule has 0 aliphatic carbocycles. The molecule has 3 aromatic rings. The summed E-state index contributed by atoms with van der Waals surface area (Å²) in [7, 11) is 0. The average molecular weight is 458 g/mol. The lowest BCUT2D eigenvalue weighted by Gasteiger charge is -2.29. The average Bonchev–Trinajstić information content (AvgIpc) is 2.75. The number of benzene rings is 2. The predicted molar refractivity (Wildman–Crippen MR) is 126 cm³/mol. The van der Waals surface area contributed by atoms with E-state index in [-0.39, 0.29) is 10.9 Å². The van der Waals surface area contributed by atoms with E-state index in [0.717, 1.165) is 54.9 Å². The van der Waals surface area contributed by atoms with Crippen LogP contribution in [0.25, 0.3) is 10.9 Å². The summed E-state index contributed by atoms with van der Waals surface area (Å²) < 4.78 is 39.4. The maximum absolute atomic E-state index is 13.1. The van der Waals surface area contributed by atoms with Gasteiger partial charge in [0.2, 0.25) is 0 Å². The molecule has 0 atom stereocenters. The summed E-state index contributed by atoms with van der Waals surface area (Å²) in [6.45, 7) is 8.85. The summed E-state index contributed by atoms with van der Waals surface area (Å²) in [6.07, 6.45) is 0.649. The number of halogens is 3. The minimum Gasteiger partial charge on any atom is -0.507 e. The van der Waals surface area contributed by atoms with Crippen LogP contribution in [0.1, 0.15) is 56.7 Å². The highest BCUT2D eigenvalue weighted by molar-refractivity contribution is 5.93. The van der Waals surface area contributed by atoms with E-state index in [1.807, 2.05) is 12.1 Å². The molecule has 0 bridgehead atoms. The van der Waals surface area contributed by atoms with Crippen LogP contribution in [0.4, 0.5) is 24.5 Å². The first-order valence-corrected chi connectivity index (χ1v) is 11.3. The van der Waals surface area contributed by atoms with Crippen molar-refractivity contribution in [3.8, 4) is 5.75 Å². The van der Waals surface area contributed by atoms with E-state index in [9.17, 15) is 18.3 Å². The van der Waals surface area contributed by atoms with Crippen molar-refractivity contribution >= 4 is 22.3 Å². The standard InChI is InChI=1S/C26H30F3N3O/c1-25(2,3)21-15-19(13-17(24(21)33)16-32-11-5-4-6-12-32)31-22-9-10-30-23-14-18(26(27,28)29)7-8-20(22)23/h7-10,13-15,33H,4-6,11-12,16H2,1-3H3,(H,30,31). The van der Waals surface area contributed by atoms with Crippen LogP contribution in [0.2, 0.25) is 0 Å². The number of aromatic nitrogens is 1.